The Bertz CT molecular complexity index is 1050. The number of pyridine rings is 1. The number of fused-ring (bicyclic) bond motifs is 5. The van der Waals surface area contributed by atoms with Crippen molar-refractivity contribution in [2.45, 2.75) is 64.7 Å². The standard InChI is InChI=1S/C27H31ClN2O2/c1-16-3-9-24(29-15-16)30-25(32)10-5-18-14-23(31)27(2)12-11-21-20-8-6-19(28)13-17(20)4-7-22(21)26(18)27/h3,6,8-9,13,15,18,21-22,26H,4-5,7,10-12,14H2,1-2H3,(H,29,30,32)/t18-,21?,22?,26?,27-/m1/s1. The van der Waals surface area contributed by atoms with Gasteiger partial charge >= 0.3 is 0 Å². The van der Waals surface area contributed by atoms with Gasteiger partial charge in [-0.25, -0.2) is 4.98 Å². The van der Waals surface area contributed by atoms with Gasteiger partial charge in [-0.05, 0) is 97.6 Å². The van der Waals surface area contributed by atoms with Crippen LogP contribution in [0, 0.1) is 30.1 Å². The van der Waals surface area contributed by atoms with E-state index in [2.05, 4.69) is 29.4 Å². The quantitative estimate of drug-likeness (QED) is 0.610. The van der Waals surface area contributed by atoms with Crippen LogP contribution in [-0.2, 0) is 16.0 Å². The first kappa shape index (κ1) is 21.6. The maximum Gasteiger partial charge on any atom is 0.225 e. The maximum absolute atomic E-state index is 13.1. The van der Waals surface area contributed by atoms with Gasteiger partial charge in [-0.1, -0.05) is 30.7 Å². The van der Waals surface area contributed by atoms with Crippen molar-refractivity contribution >= 4 is 29.1 Å². The largest absolute Gasteiger partial charge is 0.311 e. The Morgan fingerprint density at radius 1 is 1.25 bits per heavy atom. The zero-order valence-electron chi connectivity index (χ0n) is 18.9. The number of benzene rings is 1. The Hall–Kier alpha value is -2.20. The third-order valence-electron chi connectivity index (χ3n) is 8.45. The molecule has 1 aromatic heterocycles. The van der Waals surface area contributed by atoms with Gasteiger partial charge in [-0.2, -0.15) is 0 Å². The van der Waals surface area contributed by atoms with E-state index in [-0.39, 0.29) is 17.2 Å². The zero-order chi connectivity index (χ0) is 22.5. The predicted octanol–water partition coefficient (Wildman–Crippen LogP) is 6.11. The van der Waals surface area contributed by atoms with Crippen LogP contribution >= 0.6 is 11.6 Å². The summed E-state index contributed by atoms with van der Waals surface area (Å²) in [6.07, 6.45) is 7.75. The van der Waals surface area contributed by atoms with Crippen LogP contribution in [0.15, 0.2) is 36.5 Å². The summed E-state index contributed by atoms with van der Waals surface area (Å²) in [6, 6.07) is 10.1. The number of hydrogen-bond donors (Lipinski definition) is 1. The first-order chi connectivity index (χ1) is 15.3. The van der Waals surface area contributed by atoms with Gasteiger partial charge in [0.2, 0.25) is 5.91 Å². The highest BCUT2D eigenvalue weighted by molar-refractivity contribution is 6.30. The molecule has 1 amide bonds. The number of aryl methyl sites for hydroxylation is 2. The number of anilines is 1. The Balaban J connectivity index is 1.32. The molecule has 0 saturated heterocycles. The Morgan fingerprint density at radius 3 is 2.88 bits per heavy atom. The third kappa shape index (κ3) is 3.77. The van der Waals surface area contributed by atoms with Gasteiger partial charge in [-0.15, -0.1) is 0 Å². The average molecular weight is 451 g/mol. The topological polar surface area (TPSA) is 59.1 Å². The molecule has 0 spiro atoms. The van der Waals surface area contributed by atoms with Crippen molar-refractivity contribution in [2.75, 3.05) is 5.32 Å². The second kappa shape index (κ2) is 8.30. The van der Waals surface area contributed by atoms with Crippen LogP contribution in [-0.4, -0.2) is 16.7 Å². The first-order valence-corrected chi connectivity index (χ1v) is 12.3. The summed E-state index contributed by atoms with van der Waals surface area (Å²) >= 11 is 6.25. The highest BCUT2D eigenvalue weighted by Crippen LogP contribution is 2.62. The number of carbonyl (C=O) groups excluding carboxylic acids is 2. The number of nitrogens with zero attached hydrogens (tertiary/aromatic N) is 1. The lowest BCUT2D eigenvalue weighted by Gasteiger charge is -2.50. The summed E-state index contributed by atoms with van der Waals surface area (Å²) < 4.78 is 0. The van der Waals surface area contributed by atoms with Gasteiger partial charge in [0.25, 0.3) is 0 Å². The van der Waals surface area contributed by atoms with Crippen LogP contribution in [0.4, 0.5) is 5.82 Å². The zero-order valence-corrected chi connectivity index (χ0v) is 19.6. The summed E-state index contributed by atoms with van der Waals surface area (Å²) in [5.74, 6) is 2.66. The number of amides is 1. The molecule has 2 aromatic rings. The molecule has 0 radical (unpaired) electrons. The fraction of sp³-hybridized carbons (Fsp3) is 0.519. The van der Waals surface area contributed by atoms with Crippen LogP contribution in [0.3, 0.4) is 0 Å². The Kier molecular flexibility index (Phi) is 5.61. The van der Waals surface area contributed by atoms with Crippen LogP contribution < -0.4 is 5.32 Å². The number of ketones is 1. The molecule has 5 rings (SSSR count). The molecule has 32 heavy (non-hydrogen) atoms. The number of rotatable bonds is 4. The van der Waals surface area contributed by atoms with Gasteiger partial charge in [-0.3, -0.25) is 9.59 Å². The lowest BCUT2D eigenvalue weighted by molar-refractivity contribution is -0.129. The SMILES string of the molecule is Cc1ccc(NC(=O)CC[C@@H]2CC(=O)[C@@]3(C)CCC4c5ccc(Cl)cc5CCC4C23)nc1. The summed E-state index contributed by atoms with van der Waals surface area (Å²) in [4.78, 5) is 30.0. The molecule has 5 atom stereocenters. The number of hydrogen-bond acceptors (Lipinski definition) is 3. The molecule has 0 bridgehead atoms. The molecule has 4 nitrogen and oxygen atoms in total. The van der Waals surface area contributed by atoms with Crippen molar-refractivity contribution in [1.82, 2.24) is 4.98 Å². The van der Waals surface area contributed by atoms with E-state index in [0.717, 1.165) is 42.7 Å². The lowest BCUT2D eigenvalue weighted by Crippen LogP contribution is -2.44. The van der Waals surface area contributed by atoms with Crippen molar-refractivity contribution in [3.8, 4) is 0 Å². The van der Waals surface area contributed by atoms with E-state index in [1.165, 1.54) is 11.1 Å². The molecule has 5 heteroatoms. The number of Topliss-reactive ketones (excluding diaryl/α,β-unsaturated/α-hetero) is 1. The monoisotopic (exact) mass is 450 g/mol. The minimum Gasteiger partial charge on any atom is -0.311 e. The second-order valence-corrected chi connectivity index (χ2v) is 10.8. The fourth-order valence-electron chi connectivity index (χ4n) is 6.94. The lowest BCUT2D eigenvalue weighted by atomic mass is 9.54. The molecule has 0 aliphatic heterocycles. The van der Waals surface area contributed by atoms with Gasteiger partial charge in [0.1, 0.15) is 11.6 Å². The van der Waals surface area contributed by atoms with Gasteiger partial charge in [0, 0.05) is 29.5 Å². The second-order valence-electron chi connectivity index (χ2n) is 10.3. The molecule has 1 N–H and O–H groups in total. The van der Waals surface area contributed by atoms with Crippen LogP contribution in [0.1, 0.15) is 68.1 Å². The van der Waals surface area contributed by atoms with Crippen molar-refractivity contribution < 1.29 is 9.59 Å². The highest BCUT2D eigenvalue weighted by Gasteiger charge is 2.58. The normalized spacial score (nSPS) is 30.9. The number of carbonyl (C=O) groups is 2. The Morgan fingerprint density at radius 2 is 2.09 bits per heavy atom. The van der Waals surface area contributed by atoms with Crippen LogP contribution in [0.25, 0.3) is 0 Å². The first-order valence-electron chi connectivity index (χ1n) is 11.9. The molecule has 3 unspecified atom stereocenters. The van der Waals surface area contributed by atoms with E-state index < -0.39 is 0 Å². The summed E-state index contributed by atoms with van der Waals surface area (Å²) in [5.41, 5.74) is 3.65. The molecule has 3 aliphatic rings. The molecular formula is C27H31ClN2O2. The van der Waals surface area contributed by atoms with E-state index in [1.54, 1.807) is 6.20 Å². The molecule has 2 saturated carbocycles. The van der Waals surface area contributed by atoms with Crippen LogP contribution in [0.5, 0.6) is 0 Å². The minimum atomic E-state index is -0.231. The van der Waals surface area contributed by atoms with Gasteiger partial charge in [0.05, 0.1) is 0 Å². The van der Waals surface area contributed by atoms with E-state index in [4.69, 9.17) is 11.6 Å². The number of nitrogens with one attached hydrogen (secondary N) is 1. The Labute approximate surface area is 195 Å². The smallest absolute Gasteiger partial charge is 0.225 e. The molecule has 168 valence electrons. The summed E-state index contributed by atoms with van der Waals surface area (Å²) in [6.45, 7) is 4.17. The van der Waals surface area contributed by atoms with E-state index in [1.807, 2.05) is 25.1 Å². The number of aromatic nitrogens is 1. The number of halogens is 1. The predicted molar refractivity (Wildman–Crippen MR) is 127 cm³/mol. The average Bonchev–Trinajstić information content (AvgIpc) is 3.03. The summed E-state index contributed by atoms with van der Waals surface area (Å²) in [7, 11) is 0. The van der Waals surface area contributed by atoms with E-state index >= 15 is 0 Å². The van der Waals surface area contributed by atoms with Crippen LogP contribution in [0.2, 0.25) is 5.02 Å². The molecule has 2 fully saturated rings. The van der Waals surface area contributed by atoms with Crippen molar-refractivity contribution in [1.29, 1.82) is 0 Å². The molecular weight excluding hydrogens is 420 g/mol. The maximum atomic E-state index is 13.1. The third-order valence-corrected chi connectivity index (χ3v) is 8.69. The van der Waals surface area contributed by atoms with E-state index in [0.29, 0.717) is 42.2 Å². The van der Waals surface area contributed by atoms with Crippen molar-refractivity contribution in [3.63, 3.8) is 0 Å². The van der Waals surface area contributed by atoms with Gasteiger partial charge < -0.3 is 5.32 Å². The molecule has 1 heterocycles. The highest BCUT2D eigenvalue weighted by atomic mass is 35.5. The van der Waals surface area contributed by atoms with E-state index in [9.17, 15) is 9.59 Å². The van der Waals surface area contributed by atoms with Crippen molar-refractivity contribution in [3.05, 3.63) is 58.2 Å². The summed E-state index contributed by atoms with van der Waals surface area (Å²) in [5, 5.41) is 3.72. The minimum absolute atomic E-state index is 0.0154. The fourth-order valence-corrected chi connectivity index (χ4v) is 7.13. The molecule has 3 aliphatic carbocycles. The van der Waals surface area contributed by atoms with Gasteiger partial charge in [0.15, 0.2) is 0 Å². The van der Waals surface area contributed by atoms with Crippen molar-refractivity contribution in [2.24, 2.45) is 23.2 Å². The molecule has 1 aromatic carbocycles.